The summed E-state index contributed by atoms with van der Waals surface area (Å²) in [5.41, 5.74) is 2.91. The van der Waals surface area contributed by atoms with Gasteiger partial charge in [-0.3, -0.25) is 15.0 Å². The first-order valence-electron chi connectivity index (χ1n) is 5.81. The van der Waals surface area contributed by atoms with Gasteiger partial charge in [0.25, 0.3) is 5.91 Å². The summed E-state index contributed by atoms with van der Waals surface area (Å²) < 4.78 is 10.4. The Morgan fingerprint density at radius 2 is 1.95 bits per heavy atom. The van der Waals surface area contributed by atoms with Gasteiger partial charge in [-0.25, -0.2) is 5.84 Å². The molecule has 1 aromatic carbocycles. The number of benzene rings is 1. The second-order valence-electron chi connectivity index (χ2n) is 4.09. The third-order valence-corrected chi connectivity index (χ3v) is 2.41. The zero-order valence-electron chi connectivity index (χ0n) is 11.0. The van der Waals surface area contributed by atoms with E-state index in [2.05, 4.69) is 0 Å². The number of methoxy groups -OCH3 is 1. The first-order valence-corrected chi connectivity index (χ1v) is 5.81. The van der Waals surface area contributed by atoms with Crippen molar-refractivity contribution in [2.45, 2.75) is 19.4 Å². The fourth-order valence-corrected chi connectivity index (χ4v) is 1.55. The largest absolute Gasteiger partial charge is 0.478 e. The first-order chi connectivity index (χ1) is 9.06. The molecule has 0 aliphatic rings. The molecule has 0 spiro atoms. The molecular weight excluding hydrogens is 248 g/mol. The number of carbonyl (C=O) groups excluding carboxylic acids is 2. The molecule has 1 unspecified atom stereocenters. The predicted octanol–water partition coefficient (Wildman–Crippen LogP) is 0.202. The number of amides is 1. The highest BCUT2D eigenvalue weighted by Crippen LogP contribution is 2.14. The van der Waals surface area contributed by atoms with Gasteiger partial charge in [0.2, 0.25) is 6.10 Å². The van der Waals surface area contributed by atoms with Gasteiger partial charge >= 0.3 is 0 Å². The van der Waals surface area contributed by atoms with Crippen LogP contribution in [-0.2, 0) is 20.7 Å². The standard InChI is InChI=1S/C13H18N2O4/c1-9(16)7-10-3-5-11(6-4-10)19-12(8-18-2)13(17)15-14/h3-6,12H,7-8,14H2,1-2H3,(H,15,17). The molecule has 0 saturated carbocycles. The Morgan fingerprint density at radius 1 is 1.32 bits per heavy atom. The van der Waals surface area contributed by atoms with E-state index in [1.165, 1.54) is 14.0 Å². The Kier molecular flexibility index (Phi) is 5.98. The second-order valence-corrected chi connectivity index (χ2v) is 4.09. The number of ether oxygens (including phenoxy) is 2. The monoisotopic (exact) mass is 266 g/mol. The number of hydrogen-bond acceptors (Lipinski definition) is 5. The summed E-state index contributed by atoms with van der Waals surface area (Å²) in [4.78, 5) is 22.4. The van der Waals surface area contributed by atoms with Crippen LogP contribution in [0.5, 0.6) is 5.75 Å². The summed E-state index contributed by atoms with van der Waals surface area (Å²) in [6.45, 7) is 1.63. The molecule has 1 aromatic rings. The Bertz CT molecular complexity index is 431. The maximum atomic E-state index is 11.4. The van der Waals surface area contributed by atoms with Crippen molar-refractivity contribution in [3.8, 4) is 5.75 Å². The molecule has 0 radical (unpaired) electrons. The molecule has 1 rings (SSSR count). The van der Waals surface area contributed by atoms with Crippen LogP contribution in [0, 0.1) is 0 Å². The third-order valence-electron chi connectivity index (χ3n) is 2.41. The zero-order chi connectivity index (χ0) is 14.3. The second kappa shape index (κ2) is 7.50. The van der Waals surface area contributed by atoms with Gasteiger partial charge < -0.3 is 9.47 Å². The molecule has 6 heteroatoms. The Labute approximate surface area is 111 Å². The summed E-state index contributed by atoms with van der Waals surface area (Å²) in [6.07, 6.45) is -0.431. The van der Waals surface area contributed by atoms with Crippen LogP contribution in [0.15, 0.2) is 24.3 Å². The van der Waals surface area contributed by atoms with E-state index in [4.69, 9.17) is 15.3 Å². The summed E-state index contributed by atoms with van der Waals surface area (Å²) in [7, 11) is 1.47. The summed E-state index contributed by atoms with van der Waals surface area (Å²) >= 11 is 0. The van der Waals surface area contributed by atoms with Crippen LogP contribution in [0.25, 0.3) is 0 Å². The smallest absolute Gasteiger partial charge is 0.277 e. The van der Waals surface area contributed by atoms with Crippen LogP contribution < -0.4 is 16.0 Å². The summed E-state index contributed by atoms with van der Waals surface area (Å²) in [6, 6.07) is 6.96. The van der Waals surface area contributed by atoms with Crippen molar-refractivity contribution in [1.29, 1.82) is 0 Å². The number of hydrazine groups is 1. The normalized spacial score (nSPS) is 11.7. The van der Waals surface area contributed by atoms with E-state index in [-0.39, 0.29) is 12.4 Å². The van der Waals surface area contributed by atoms with E-state index in [9.17, 15) is 9.59 Å². The van der Waals surface area contributed by atoms with E-state index in [0.29, 0.717) is 12.2 Å². The van der Waals surface area contributed by atoms with Gasteiger partial charge in [0.05, 0.1) is 6.61 Å². The van der Waals surface area contributed by atoms with Gasteiger partial charge in [-0.2, -0.15) is 0 Å². The lowest BCUT2D eigenvalue weighted by Crippen LogP contribution is -2.44. The highest BCUT2D eigenvalue weighted by Gasteiger charge is 2.19. The summed E-state index contributed by atoms with van der Waals surface area (Å²) in [5.74, 6) is 5.20. The molecule has 0 bridgehead atoms. The van der Waals surface area contributed by atoms with Gasteiger partial charge in [-0.15, -0.1) is 0 Å². The predicted molar refractivity (Wildman–Crippen MR) is 69.4 cm³/mol. The fourth-order valence-electron chi connectivity index (χ4n) is 1.55. The quantitative estimate of drug-likeness (QED) is 0.418. The van der Waals surface area contributed by atoms with E-state index in [0.717, 1.165) is 5.56 Å². The first kappa shape index (κ1) is 15.1. The van der Waals surface area contributed by atoms with Crippen molar-refractivity contribution < 1.29 is 19.1 Å². The molecule has 1 atom stereocenters. The van der Waals surface area contributed by atoms with Gasteiger partial charge in [0.1, 0.15) is 11.5 Å². The lowest BCUT2D eigenvalue weighted by atomic mass is 10.1. The number of Topliss-reactive ketones (excluding diaryl/α,β-unsaturated/α-hetero) is 1. The minimum absolute atomic E-state index is 0.0911. The van der Waals surface area contributed by atoms with Crippen LogP contribution in [0.4, 0.5) is 0 Å². The third kappa shape index (κ3) is 5.07. The average molecular weight is 266 g/mol. The van der Waals surface area contributed by atoms with Crippen LogP contribution >= 0.6 is 0 Å². The van der Waals surface area contributed by atoms with Gasteiger partial charge in [0, 0.05) is 13.5 Å². The van der Waals surface area contributed by atoms with Crippen LogP contribution in [0.2, 0.25) is 0 Å². The number of rotatable bonds is 7. The van der Waals surface area contributed by atoms with Crippen molar-refractivity contribution in [3.63, 3.8) is 0 Å². The molecule has 19 heavy (non-hydrogen) atoms. The van der Waals surface area contributed by atoms with Crippen LogP contribution in [-0.4, -0.2) is 31.5 Å². The van der Waals surface area contributed by atoms with Gasteiger partial charge in [-0.05, 0) is 24.6 Å². The molecule has 0 aliphatic heterocycles. The molecule has 6 nitrogen and oxygen atoms in total. The molecule has 104 valence electrons. The SMILES string of the molecule is COCC(Oc1ccc(CC(C)=O)cc1)C(=O)NN. The van der Waals surface area contributed by atoms with Crippen LogP contribution in [0.1, 0.15) is 12.5 Å². The maximum absolute atomic E-state index is 11.4. The number of nitrogens with one attached hydrogen (secondary N) is 1. The zero-order valence-corrected chi connectivity index (χ0v) is 11.0. The molecule has 0 heterocycles. The number of nitrogens with two attached hydrogens (primary N) is 1. The van der Waals surface area contributed by atoms with Crippen LogP contribution in [0.3, 0.4) is 0 Å². The number of carbonyl (C=O) groups is 2. The average Bonchev–Trinajstić information content (AvgIpc) is 2.39. The van der Waals surface area contributed by atoms with Crippen molar-refractivity contribution in [2.24, 2.45) is 5.84 Å². The highest BCUT2D eigenvalue weighted by molar-refractivity contribution is 5.80. The fraction of sp³-hybridized carbons (Fsp3) is 0.385. The van der Waals surface area contributed by atoms with Crippen molar-refractivity contribution in [1.82, 2.24) is 5.43 Å². The highest BCUT2D eigenvalue weighted by atomic mass is 16.5. The number of hydrogen-bond donors (Lipinski definition) is 2. The Balaban J connectivity index is 2.69. The number of ketones is 1. The molecule has 0 aromatic heterocycles. The van der Waals surface area contributed by atoms with E-state index in [1.807, 2.05) is 5.43 Å². The Morgan fingerprint density at radius 3 is 2.42 bits per heavy atom. The minimum atomic E-state index is -0.811. The molecule has 0 fully saturated rings. The molecule has 0 saturated heterocycles. The molecule has 3 N–H and O–H groups in total. The van der Waals surface area contributed by atoms with Gasteiger partial charge in [-0.1, -0.05) is 12.1 Å². The minimum Gasteiger partial charge on any atom is -0.478 e. The van der Waals surface area contributed by atoms with E-state index < -0.39 is 12.0 Å². The Hall–Kier alpha value is -1.92. The van der Waals surface area contributed by atoms with Crippen molar-refractivity contribution >= 4 is 11.7 Å². The molecular formula is C13H18N2O4. The lowest BCUT2D eigenvalue weighted by Gasteiger charge is -2.16. The van der Waals surface area contributed by atoms with E-state index >= 15 is 0 Å². The molecule has 1 amide bonds. The van der Waals surface area contributed by atoms with Crippen molar-refractivity contribution in [3.05, 3.63) is 29.8 Å². The molecule has 0 aliphatic carbocycles. The summed E-state index contributed by atoms with van der Waals surface area (Å²) in [5, 5.41) is 0. The topological polar surface area (TPSA) is 90.6 Å². The van der Waals surface area contributed by atoms with Gasteiger partial charge in [0.15, 0.2) is 0 Å². The maximum Gasteiger partial charge on any atom is 0.277 e. The van der Waals surface area contributed by atoms with Crippen molar-refractivity contribution in [2.75, 3.05) is 13.7 Å². The lowest BCUT2D eigenvalue weighted by molar-refractivity contribution is -0.130. The van der Waals surface area contributed by atoms with E-state index in [1.54, 1.807) is 24.3 Å².